The van der Waals surface area contributed by atoms with E-state index in [0.29, 0.717) is 5.02 Å². The highest BCUT2D eigenvalue weighted by atomic mass is 35.5. The van der Waals surface area contributed by atoms with Crippen LogP contribution in [0.3, 0.4) is 0 Å². The van der Waals surface area contributed by atoms with Crippen LogP contribution in [-0.4, -0.2) is 16.1 Å². The summed E-state index contributed by atoms with van der Waals surface area (Å²) in [6.07, 6.45) is 0. The lowest BCUT2D eigenvalue weighted by molar-refractivity contribution is 0.318. The van der Waals surface area contributed by atoms with Gasteiger partial charge in [-0.25, -0.2) is 0 Å². The van der Waals surface area contributed by atoms with Gasteiger partial charge in [-0.2, -0.15) is 0 Å². The van der Waals surface area contributed by atoms with Gasteiger partial charge in [0.05, 0.1) is 5.56 Å². The molecule has 0 atom stereocenters. The zero-order valence-electron chi connectivity index (χ0n) is 6.95. The van der Waals surface area contributed by atoms with Crippen molar-refractivity contribution in [1.82, 2.24) is 0 Å². The molecule has 0 fully saturated rings. The van der Waals surface area contributed by atoms with Crippen molar-refractivity contribution in [1.29, 1.82) is 0 Å². The van der Waals surface area contributed by atoms with Crippen molar-refractivity contribution in [3.8, 4) is 5.75 Å². The predicted octanol–water partition coefficient (Wildman–Crippen LogP) is 1.45. The molecule has 0 saturated heterocycles. The molecule has 0 aromatic heterocycles. The summed E-state index contributed by atoms with van der Waals surface area (Å²) in [6, 6.07) is 2.90. The molecule has 0 aliphatic rings. The third kappa shape index (κ3) is 1.84. The van der Waals surface area contributed by atoms with Crippen LogP contribution in [0, 0.1) is 6.92 Å². The highest BCUT2D eigenvalue weighted by Gasteiger charge is 2.08. The zero-order chi connectivity index (χ0) is 10.0. The average molecular weight is 201 g/mol. The number of benzene rings is 1. The number of amidine groups is 1. The molecule has 0 heterocycles. The van der Waals surface area contributed by atoms with Crippen molar-refractivity contribution in [2.24, 2.45) is 10.9 Å². The number of phenolic OH excluding ortho intramolecular Hbond substituents is 1. The van der Waals surface area contributed by atoms with E-state index in [-0.39, 0.29) is 17.1 Å². The Morgan fingerprint density at radius 3 is 2.69 bits per heavy atom. The van der Waals surface area contributed by atoms with E-state index >= 15 is 0 Å². The Hall–Kier alpha value is -1.42. The molecule has 0 spiro atoms. The fourth-order valence-electron chi connectivity index (χ4n) is 0.925. The number of nitrogens with two attached hydrogens (primary N) is 1. The number of aryl methyl sites for hydroxylation is 1. The van der Waals surface area contributed by atoms with Gasteiger partial charge in [0.25, 0.3) is 0 Å². The van der Waals surface area contributed by atoms with Gasteiger partial charge in [0, 0.05) is 5.02 Å². The Morgan fingerprint density at radius 1 is 1.54 bits per heavy atom. The maximum Gasteiger partial charge on any atom is 0.173 e. The molecule has 0 aliphatic carbocycles. The molecule has 0 aliphatic heterocycles. The summed E-state index contributed by atoms with van der Waals surface area (Å²) in [5, 5.41) is 21.0. The van der Waals surface area contributed by atoms with Crippen molar-refractivity contribution >= 4 is 17.4 Å². The second-order valence-electron chi connectivity index (χ2n) is 2.60. The van der Waals surface area contributed by atoms with Gasteiger partial charge < -0.3 is 16.0 Å². The minimum absolute atomic E-state index is 0.0581. The Labute approximate surface area is 80.2 Å². The quantitative estimate of drug-likeness (QED) is 0.278. The second kappa shape index (κ2) is 3.53. The molecule has 70 valence electrons. The van der Waals surface area contributed by atoms with Crippen LogP contribution in [0.4, 0.5) is 0 Å². The van der Waals surface area contributed by atoms with Gasteiger partial charge in [0.2, 0.25) is 0 Å². The van der Waals surface area contributed by atoms with Gasteiger partial charge >= 0.3 is 0 Å². The number of hydrogen-bond donors (Lipinski definition) is 3. The standard InChI is InChI=1S/C8H9ClN2O2/c1-4-2-7(12)5(3-6(4)9)8(10)11-13/h2-3,12-13H,1H3,(H2,10,11). The normalized spacial score (nSPS) is 11.7. The number of rotatable bonds is 1. The Balaban J connectivity index is 3.32. The fraction of sp³-hybridized carbons (Fsp3) is 0.125. The predicted molar refractivity (Wildman–Crippen MR) is 50.4 cm³/mol. The second-order valence-corrected chi connectivity index (χ2v) is 3.01. The molecule has 13 heavy (non-hydrogen) atoms. The third-order valence-corrected chi connectivity index (χ3v) is 2.07. The van der Waals surface area contributed by atoms with E-state index < -0.39 is 0 Å². The molecule has 1 aromatic rings. The van der Waals surface area contributed by atoms with Gasteiger partial charge in [-0.05, 0) is 24.6 Å². The molecule has 0 bridgehead atoms. The molecular weight excluding hydrogens is 192 g/mol. The molecule has 4 N–H and O–H groups in total. The SMILES string of the molecule is Cc1cc(O)c(/C(N)=N\O)cc1Cl. The van der Waals surface area contributed by atoms with E-state index in [1.807, 2.05) is 0 Å². The third-order valence-electron chi connectivity index (χ3n) is 1.66. The number of hydrogen-bond acceptors (Lipinski definition) is 3. The Kier molecular flexibility index (Phi) is 2.63. The maximum absolute atomic E-state index is 9.39. The first-order valence-corrected chi connectivity index (χ1v) is 3.91. The van der Waals surface area contributed by atoms with Crippen molar-refractivity contribution in [3.63, 3.8) is 0 Å². The lowest BCUT2D eigenvalue weighted by Crippen LogP contribution is -2.13. The Bertz CT molecular complexity index is 363. The Morgan fingerprint density at radius 2 is 2.15 bits per heavy atom. The number of aromatic hydroxyl groups is 1. The summed E-state index contributed by atoms with van der Waals surface area (Å²) >= 11 is 5.78. The molecular formula is C8H9ClN2O2. The van der Waals surface area contributed by atoms with Crippen molar-refractivity contribution < 1.29 is 10.3 Å². The van der Waals surface area contributed by atoms with E-state index in [0.717, 1.165) is 5.56 Å². The van der Waals surface area contributed by atoms with E-state index in [1.54, 1.807) is 6.92 Å². The van der Waals surface area contributed by atoms with Crippen LogP contribution in [0.5, 0.6) is 5.75 Å². The number of nitrogens with zero attached hydrogens (tertiary/aromatic N) is 1. The summed E-state index contributed by atoms with van der Waals surface area (Å²) < 4.78 is 0. The first-order valence-electron chi connectivity index (χ1n) is 3.53. The van der Waals surface area contributed by atoms with Crippen molar-refractivity contribution in [3.05, 3.63) is 28.3 Å². The summed E-state index contributed by atoms with van der Waals surface area (Å²) in [6.45, 7) is 1.75. The monoisotopic (exact) mass is 200 g/mol. The summed E-state index contributed by atoms with van der Waals surface area (Å²) in [7, 11) is 0. The zero-order valence-corrected chi connectivity index (χ0v) is 7.71. The molecule has 0 unspecified atom stereocenters. The first-order chi connectivity index (χ1) is 6.06. The largest absolute Gasteiger partial charge is 0.507 e. The van der Waals surface area contributed by atoms with Crippen LogP contribution in [0.1, 0.15) is 11.1 Å². The maximum atomic E-state index is 9.39. The summed E-state index contributed by atoms with van der Waals surface area (Å²) in [5.41, 5.74) is 6.25. The van der Waals surface area contributed by atoms with Crippen LogP contribution < -0.4 is 5.73 Å². The molecule has 0 saturated carbocycles. The number of oxime groups is 1. The molecule has 4 nitrogen and oxygen atoms in total. The summed E-state index contributed by atoms with van der Waals surface area (Å²) in [4.78, 5) is 0. The van der Waals surface area contributed by atoms with Gasteiger partial charge in [-0.15, -0.1) is 0 Å². The molecule has 0 amide bonds. The topological polar surface area (TPSA) is 78.8 Å². The van der Waals surface area contributed by atoms with Crippen LogP contribution in [0.25, 0.3) is 0 Å². The van der Waals surface area contributed by atoms with E-state index in [9.17, 15) is 5.11 Å². The van der Waals surface area contributed by atoms with E-state index in [2.05, 4.69) is 5.16 Å². The average Bonchev–Trinajstić information content (AvgIpc) is 2.10. The highest BCUT2D eigenvalue weighted by molar-refractivity contribution is 6.31. The lowest BCUT2D eigenvalue weighted by Gasteiger charge is -2.05. The molecule has 5 heteroatoms. The minimum atomic E-state index is -0.167. The van der Waals surface area contributed by atoms with E-state index in [1.165, 1.54) is 12.1 Å². The number of phenols is 1. The highest BCUT2D eigenvalue weighted by Crippen LogP contribution is 2.25. The fourth-order valence-corrected chi connectivity index (χ4v) is 1.09. The molecule has 1 aromatic carbocycles. The minimum Gasteiger partial charge on any atom is -0.507 e. The first kappa shape index (κ1) is 9.67. The van der Waals surface area contributed by atoms with Crippen LogP contribution in [-0.2, 0) is 0 Å². The van der Waals surface area contributed by atoms with Crippen LogP contribution in [0.2, 0.25) is 5.02 Å². The lowest BCUT2D eigenvalue weighted by atomic mass is 10.1. The van der Waals surface area contributed by atoms with E-state index in [4.69, 9.17) is 22.5 Å². The molecule has 1 rings (SSSR count). The number of halogens is 1. The van der Waals surface area contributed by atoms with Gasteiger partial charge in [0.15, 0.2) is 5.84 Å². The molecule has 0 radical (unpaired) electrons. The van der Waals surface area contributed by atoms with Gasteiger partial charge in [0.1, 0.15) is 5.75 Å². The van der Waals surface area contributed by atoms with Crippen molar-refractivity contribution in [2.75, 3.05) is 0 Å². The van der Waals surface area contributed by atoms with Crippen LogP contribution in [0.15, 0.2) is 17.3 Å². The smallest absolute Gasteiger partial charge is 0.173 e. The van der Waals surface area contributed by atoms with Crippen LogP contribution >= 0.6 is 11.6 Å². The summed E-state index contributed by atoms with van der Waals surface area (Å²) in [5.74, 6) is -0.225. The van der Waals surface area contributed by atoms with Crippen molar-refractivity contribution in [2.45, 2.75) is 6.92 Å². The van der Waals surface area contributed by atoms with Gasteiger partial charge in [-0.1, -0.05) is 16.8 Å². The van der Waals surface area contributed by atoms with Gasteiger partial charge in [-0.3, -0.25) is 0 Å².